The fourth-order valence-corrected chi connectivity index (χ4v) is 4.23. The van der Waals surface area contributed by atoms with Gasteiger partial charge in [0.15, 0.2) is 0 Å². The molecule has 6 rings (SSSR count). The Hall–Kier alpha value is -1.46. The molecule has 1 aliphatic carbocycles. The molecule has 2 heteroatoms. The van der Waals surface area contributed by atoms with Crippen LogP contribution in [0.3, 0.4) is 0 Å². The quantitative estimate of drug-likeness (QED) is 0.731. The van der Waals surface area contributed by atoms with Crippen LogP contribution in [0.1, 0.15) is 38.8 Å². The number of ether oxygens (including phenoxy) is 1. The summed E-state index contributed by atoms with van der Waals surface area (Å²) < 4.78 is 6.33. The van der Waals surface area contributed by atoms with Gasteiger partial charge in [0.05, 0.1) is 6.54 Å². The molecule has 1 fully saturated rings. The molecule has 0 unspecified atom stereocenters. The van der Waals surface area contributed by atoms with Crippen LogP contribution in [0.25, 0.3) is 0 Å². The largest absolute Gasteiger partial charge is 0.489 e. The zero-order valence-corrected chi connectivity index (χ0v) is 13.0. The van der Waals surface area contributed by atoms with E-state index in [1.807, 2.05) is 6.07 Å². The summed E-state index contributed by atoms with van der Waals surface area (Å²) in [6.07, 6.45) is 0.213. The van der Waals surface area contributed by atoms with Crippen molar-refractivity contribution in [3.8, 4) is 17.6 Å². The lowest BCUT2D eigenvalue weighted by Gasteiger charge is -2.63. The molecule has 106 valence electrons. The van der Waals surface area contributed by atoms with Gasteiger partial charge in [0.1, 0.15) is 11.9 Å². The van der Waals surface area contributed by atoms with Crippen molar-refractivity contribution in [3.63, 3.8) is 0 Å². The lowest BCUT2D eigenvalue weighted by Crippen LogP contribution is -2.74. The summed E-state index contributed by atoms with van der Waals surface area (Å²) in [7, 11) is 0. The zero-order chi connectivity index (χ0) is 14.5. The van der Waals surface area contributed by atoms with Crippen LogP contribution in [-0.4, -0.2) is 18.7 Å². The second-order valence-corrected chi connectivity index (χ2v) is 7.23. The van der Waals surface area contributed by atoms with E-state index in [2.05, 4.69) is 63.9 Å². The normalized spacial score (nSPS) is 29.1. The van der Waals surface area contributed by atoms with Crippen LogP contribution in [0.2, 0.25) is 0 Å². The first kappa shape index (κ1) is 13.5. The van der Waals surface area contributed by atoms with Crippen LogP contribution >= 0.6 is 0 Å². The van der Waals surface area contributed by atoms with Gasteiger partial charge in [-0.3, -0.25) is 0 Å². The second kappa shape index (κ2) is 4.27. The van der Waals surface area contributed by atoms with Crippen molar-refractivity contribution in [1.82, 2.24) is 5.32 Å². The predicted molar refractivity (Wildman–Crippen MR) is 81.8 cm³/mol. The summed E-state index contributed by atoms with van der Waals surface area (Å²) in [5.41, 5.74) is 2.49. The highest BCUT2D eigenvalue weighted by atomic mass is 16.5. The van der Waals surface area contributed by atoms with E-state index in [1.165, 1.54) is 5.56 Å². The maximum Gasteiger partial charge on any atom is 0.120 e. The molecule has 0 aromatic heterocycles. The molecule has 0 amide bonds. The third kappa shape index (κ3) is 1.84. The first-order valence-electron chi connectivity index (χ1n) is 7.33. The Labute approximate surface area is 121 Å². The molecule has 4 bridgehead atoms. The molecule has 0 atom stereocenters. The van der Waals surface area contributed by atoms with Crippen LogP contribution in [0.15, 0.2) is 18.2 Å². The van der Waals surface area contributed by atoms with Crippen LogP contribution in [0.4, 0.5) is 0 Å². The molecule has 0 saturated heterocycles. The summed E-state index contributed by atoms with van der Waals surface area (Å²) in [6.45, 7) is 11.9. The number of aryl methyl sites for hydroxylation is 1. The molecular weight excluding hydrogens is 246 g/mol. The first-order valence-corrected chi connectivity index (χ1v) is 7.33. The SMILES string of the molecule is Cc1cc2ccc1C#CCNC1C(C)(C)C(O2)C1(C)C. The average molecular weight is 269 g/mol. The van der Waals surface area contributed by atoms with E-state index in [0.29, 0.717) is 6.04 Å². The number of nitrogens with one attached hydrogen (secondary N) is 1. The van der Waals surface area contributed by atoms with Gasteiger partial charge in [-0.25, -0.2) is 0 Å². The van der Waals surface area contributed by atoms with E-state index in [1.54, 1.807) is 0 Å². The van der Waals surface area contributed by atoms with Gasteiger partial charge >= 0.3 is 0 Å². The fraction of sp³-hybridized carbons (Fsp3) is 0.556. The lowest BCUT2D eigenvalue weighted by molar-refractivity contribution is -0.167. The second-order valence-electron chi connectivity index (χ2n) is 7.23. The summed E-state index contributed by atoms with van der Waals surface area (Å²) in [6, 6.07) is 6.64. The molecule has 4 aliphatic heterocycles. The fourth-order valence-electron chi connectivity index (χ4n) is 4.23. The number of rotatable bonds is 0. The minimum atomic E-state index is 0.108. The standard InChI is InChI=1S/C18H23NO/c1-12-11-14-9-8-13(12)7-6-10-19-15-17(2,3)16(20-14)18(15,4)5/h8-9,11,15-16,19H,10H2,1-5H3. The minimum absolute atomic E-state index is 0.108. The van der Waals surface area contributed by atoms with Crippen LogP contribution in [-0.2, 0) is 0 Å². The molecule has 0 spiro atoms. The molecule has 1 aromatic rings. The smallest absolute Gasteiger partial charge is 0.120 e. The molecule has 1 aromatic carbocycles. The number of hydrogen-bond donors (Lipinski definition) is 1. The highest BCUT2D eigenvalue weighted by molar-refractivity contribution is 5.45. The van der Waals surface area contributed by atoms with Crippen molar-refractivity contribution in [2.75, 3.05) is 6.54 Å². The zero-order valence-electron chi connectivity index (χ0n) is 13.0. The van der Waals surface area contributed by atoms with Crippen LogP contribution < -0.4 is 10.1 Å². The van der Waals surface area contributed by atoms with Crippen molar-refractivity contribution in [2.24, 2.45) is 10.8 Å². The molecule has 1 saturated carbocycles. The van der Waals surface area contributed by atoms with Gasteiger partial charge in [0, 0.05) is 22.4 Å². The Balaban J connectivity index is 2.05. The Morgan fingerprint density at radius 1 is 1.20 bits per heavy atom. The molecule has 5 aliphatic rings. The first-order chi connectivity index (χ1) is 9.33. The van der Waals surface area contributed by atoms with Gasteiger partial charge in [-0.2, -0.15) is 0 Å². The van der Waals surface area contributed by atoms with E-state index in [0.717, 1.165) is 17.9 Å². The van der Waals surface area contributed by atoms with Crippen LogP contribution in [0, 0.1) is 29.6 Å². The predicted octanol–water partition coefficient (Wildman–Crippen LogP) is 3.13. The van der Waals surface area contributed by atoms with Gasteiger partial charge in [0.25, 0.3) is 0 Å². The van der Waals surface area contributed by atoms with Crippen molar-refractivity contribution in [1.29, 1.82) is 0 Å². The molecule has 2 nitrogen and oxygen atoms in total. The molecule has 1 N–H and O–H groups in total. The Bertz CT molecular complexity index is 588. The van der Waals surface area contributed by atoms with E-state index in [4.69, 9.17) is 4.74 Å². The van der Waals surface area contributed by atoms with Crippen molar-refractivity contribution >= 4 is 0 Å². The Kier molecular flexibility index (Phi) is 2.88. The maximum absolute atomic E-state index is 6.33. The highest BCUT2D eigenvalue weighted by Gasteiger charge is 2.63. The number of benzene rings is 1. The Morgan fingerprint density at radius 2 is 1.90 bits per heavy atom. The van der Waals surface area contributed by atoms with Gasteiger partial charge in [-0.05, 0) is 30.7 Å². The van der Waals surface area contributed by atoms with Gasteiger partial charge < -0.3 is 10.1 Å². The molecule has 4 heterocycles. The summed E-state index contributed by atoms with van der Waals surface area (Å²) in [5.74, 6) is 7.45. The summed E-state index contributed by atoms with van der Waals surface area (Å²) >= 11 is 0. The maximum atomic E-state index is 6.33. The Morgan fingerprint density at radius 3 is 2.55 bits per heavy atom. The van der Waals surface area contributed by atoms with E-state index < -0.39 is 0 Å². The highest BCUT2D eigenvalue weighted by Crippen LogP contribution is 2.55. The monoisotopic (exact) mass is 269 g/mol. The third-order valence-electron chi connectivity index (χ3n) is 4.91. The van der Waals surface area contributed by atoms with Gasteiger partial charge in [0.2, 0.25) is 0 Å². The topological polar surface area (TPSA) is 21.3 Å². The van der Waals surface area contributed by atoms with Gasteiger partial charge in [-0.1, -0.05) is 39.5 Å². The third-order valence-corrected chi connectivity index (χ3v) is 4.91. The summed E-state index contributed by atoms with van der Waals surface area (Å²) in [4.78, 5) is 0. The summed E-state index contributed by atoms with van der Waals surface area (Å²) in [5, 5.41) is 3.60. The van der Waals surface area contributed by atoms with Gasteiger partial charge in [-0.15, -0.1) is 0 Å². The van der Waals surface area contributed by atoms with Crippen LogP contribution in [0.5, 0.6) is 5.75 Å². The van der Waals surface area contributed by atoms with E-state index in [-0.39, 0.29) is 16.9 Å². The van der Waals surface area contributed by atoms with E-state index >= 15 is 0 Å². The number of hydrogen-bond acceptors (Lipinski definition) is 2. The van der Waals surface area contributed by atoms with Crippen molar-refractivity contribution in [2.45, 2.75) is 46.8 Å². The molecule has 0 radical (unpaired) electrons. The molecular formula is C18H23NO. The average Bonchev–Trinajstić information content (AvgIpc) is 2.34. The molecule has 20 heavy (non-hydrogen) atoms. The minimum Gasteiger partial charge on any atom is -0.489 e. The van der Waals surface area contributed by atoms with Crippen molar-refractivity contribution < 1.29 is 4.74 Å². The van der Waals surface area contributed by atoms with E-state index in [9.17, 15) is 0 Å². The lowest BCUT2D eigenvalue weighted by atomic mass is 9.49. The van der Waals surface area contributed by atoms with Crippen molar-refractivity contribution in [3.05, 3.63) is 29.3 Å².